The van der Waals surface area contributed by atoms with Gasteiger partial charge in [-0.3, -0.25) is 9.59 Å². The number of carbonyl (C=O) groups excluding carboxylic acids is 1. The van der Waals surface area contributed by atoms with E-state index in [1.54, 1.807) is 6.92 Å². The molecule has 2 rings (SSSR count). The number of amides is 1. The van der Waals surface area contributed by atoms with Gasteiger partial charge < -0.3 is 15.4 Å². The number of aromatic amines is 1. The number of aryl methyl sites for hydroxylation is 1. The molecule has 0 spiro atoms. The van der Waals surface area contributed by atoms with Gasteiger partial charge in [-0.15, -0.1) is 0 Å². The van der Waals surface area contributed by atoms with Gasteiger partial charge in [0.15, 0.2) is 0 Å². The Kier molecular flexibility index (Phi) is 6.59. The number of rotatable bonds is 8. The minimum absolute atomic E-state index is 0.0900. The zero-order valence-corrected chi connectivity index (χ0v) is 14.7. The SMILES string of the molecule is Cc1[nH]c(-c2cccc(C(F)(F)F)c2)nc1C(=O)NCCCCCC(=O)O. The van der Waals surface area contributed by atoms with Gasteiger partial charge in [0, 0.05) is 24.2 Å². The van der Waals surface area contributed by atoms with Crippen molar-refractivity contribution in [2.45, 2.75) is 38.8 Å². The first kappa shape index (κ1) is 20.5. The van der Waals surface area contributed by atoms with E-state index in [2.05, 4.69) is 15.3 Å². The van der Waals surface area contributed by atoms with Crippen LogP contribution in [0.5, 0.6) is 0 Å². The molecule has 1 heterocycles. The molecule has 0 atom stereocenters. The molecule has 0 saturated carbocycles. The predicted molar refractivity (Wildman–Crippen MR) is 92.2 cm³/mol. The molecule has 146 valence electrons. The summed E-state index contributed by atoms with van der Waals surface area (Å²) in [5.41, 5.74) is 0.0146. The Morgan fingerprint density at radius 3 is 2.63 bits per heavy atom. The first-order valence-electron chi connectivity index (χ1n) is 8.42. The number of aromatic nitrogens is 2. The molecular weight excluding hydrogens is 363 g/mol. The molecule has 0 radical (unpaired) electrons. The van der Waals surface area contributed by atoms with E-state index >= 15 is 0 Å². The van der Waals surface area contributed by atoms with E-state index in [1.807, 2.05) is 0 Å². The maximum absolute atomic E-state index is 12.8. The largest absolute Gasteiger partial charge is 0.481 e. The molecule has 0 aliphatic carbocycles. The van der Waals surface area contributed by atoms with Crippen molar-refractivity contribution >= 4 is 11.9 Å². The maximum atomic E-state index is 12.8. The van der Waals surface area contributed by atoms with Crippen LogP contribution in [0.3, 0.4) is 0 Å². The van der Waals surface area contributed by atoms with Crippen molar-refractivity contribution in [2.24, 2.45) is 0 Å². The lowest BCUT2D eigenvalue weighted by molar-refractivity contribution is -0.138. The molecule has 0 aliphatic rings. The van der Waals surface area contributed by atoms with Crippen LogP contribution in [0.2, 0.25) is 0 Å². The highest BCUT2D eigenvalue weighted by Crippen LogP contribution is 2.31. The average Bonchev–Trinajstić information content (AvgIpc) is 2.99. The fourth-order valence-electron chi connectivity index (χ4n) is 2.52. The number of aliphatic carboxylic acids is 1. The lowest BCUT2D eigenvalue weighted by Gasteiger charge is -2.07. The molecular formula is C18H20F3N3O3. The smallest absolute Gasteiger partial charge is 0.416 e. The third-order valence-electron chi connectivity index (χ3n) is 3.92. The number of hydrogen-bond acceptors (Lipinski definition) is 3. The third kappa shape index (κ3) is 5.83. The van der Waals surface area contributed by atoms with Crippen molar-refractivity contribution in [3.8, 4) is 11.4 Å². The number of carbonyl (C=O) groups is 2. The minimum Gasteiger partial charge on any atom is -0.481 e. The number of imidazole rings is 1. The highest BCUT2D eigenvalue weighted by atomic mass is 19.4. The molecule has 1 amide bonds. The number of nitrogens with zero attached hydrogens (tertiary/aromatic N) is 1. The van der Waals surface area contributed by atoms with Gasteiger partial charge >= 0.3 is 12.1 Å². The van der Waals surface area contributed by atoms with Gasteiger partial charge in [-0.1, -0.05) is 18.6 Å². The molecule has 9 heteroatoms. The minimum atomic E-state index is -4.46. The van der Waals surface area contributed by atoms with E-state index < -0.39 is 23.6 Å². The van der Waals surface area contributed by atoms with Crippen molar-refractivity contribution < 1.29 is 27.9 Å². The molecule has 3 N–H and O–H groups in total. The highest BCUT2D eigenvalue weighted by molar-refractivity contribution is 5.94. The second kappa shape index (κ2) is 8.70. The van der Waals surface area contributed by atoms with E-state index in [4.69, 9.17) is 5.11 Å². The van der Waals surface area contributed by atoms with Gasteiger partial charge in [-0.25, -0.2) is 4.98 Å². The Hall–Kier alpha value is -2.84. The van der Waals surface area contributed by atoms with Crippen LogP contribution < -0.4 is 5.32 Å². The lowest BCUT2D eigenvalue weighted by atomic mass is 10.1. The Bertz CT molecular complexity index is 816. The normalized spacial score (nSPS) is 11.4. The Labute approximate surface area is 153 Å². The fourth-order valence-corrected chi connectivity index (χ4v) is 2.52. The highest BCUT2D eigenvalue weighted by Gasteiger charge is 2.30. The summed E-state index contributed by atoms with van der Waals surface area (Å²) in [6, 6.07) is 4.71. The molecule has 0 unspecified atom stereocenters. The summed E-state index contributed by atoms with van der Waals surface area (Å²) in [6.07, 6.45) is -2.54. The van der Waals surface area contributed by atoms with Crippen LogP contribution in [0.15, 0.2) is 24.3 Å². The number of halogens is 3. The summed E-state index contributed by atoms with van der Waals surface area (Å²) in [5, 5.41) is 11.2. The molecule has 27 heavy (non-hydrogen) atoms. The zero-order valence-electron chi connectivity index (χ0n) is 14.7. The van der Waals surface area contributed by atoms with Crippen LogP contribution in [0.25, 0.3) is 11.4 Å². The van der Waals surface area contributed by atoms with Gasteiger partial charge in [0.2, 0.25) is 0 Å². The van der Waals surface area contributed by atoms with Crippen LogP contribution in [0.1, 0.15) is 47.4 Å². The first-order chi connectivity index (χ1) is 12.7. The molecule has 6 nitrogen and oxygen atoms in total. The van der Waals surface area contributed by atoms with E-state index in [1.165, 1.54) is 12.1 Å². The summed E-state index contributed by atoms with van der Waals surface area (Å²) in [4.78, 5) is 29.6. The van der Waals surface area contributed by atoms with Crippen LogP contribution in [-0.4, -0.2) is 33.5 Å². The summed E-state index contributed by atoms with van der Waals surface area (Å²) < 4.78 is 38.5. The third-order valence-corrected chi connectivity index (χ3v) is 3.92. The monoisotopic (exact) mass is 383 g/mol. The van der Waals surface area contributed by atoms with E-state index in [0.29, 0.717) is 31.5 Å². The number of alkyl halides is 3. The van der Waals surface area contributed by atoms with Gasteiger partial charge in [-0.2, -0.15) is 13.2 Å². The number of hydrogen-bond donors (Lipinski definition) is 3. The molecule has 1 aromatic carbocycles. The number of benzene rings is 1. The number of nitrogens with one attached hydrogen (secondary N) is 2. The van der Waals surface area contributed by atoms with E-state index in [9.17, 15) is 22.8 Å². The Morgan fingerprint density at radius 2 is 1.96 bits per heavy atom. The van der Waals surface area contributed by atoms with Crippen molar-refractivity contribution in [3.63, 3.8) is 0 Å². The number of unbranched alkanes of at least 4 members (excludes halogenated alkanes) is 2. The molecule has 2 aromatic rings. The molecule has 0 saturated heterocycles. The quantitative estimate of drug-likeness (QED) is 0.605. The van der Waals surface area contributed by atoms with Crippen LogP contribution in [-0.2, 0) is 11.0 Å². The molecule has 0 aliphatic heterocycles. The van der Waals surface area contributed by atoms with Gasteiger partial charge in [0.1, 0.15) is 11.5 Å². The summed E-state index contributed by atoms with van der Waals surface area (Å²) >= 11 is 0. The summed E-state index contributed by atoms with van der Waals surface area (Å²) in [5.74, 6) is -1.10. The van der Waals surface area contributed by atoms with E-state index in [-0.39, 0.29) is 23.5 Å². The number of carboxylic acid groups (broad SMARTS) is 1. The molecule has 0 bridgehead atoms. The maximum Gasteiger partial charge on any atom is 0.416 e. The van der Waals surface area contributed by atoms with Gasteiger partial charge in [0.05, 0.1) is 5.56 Å². The second-order valence-electron chi connectivity index (χ2n) is 6.10. The van der Waals surface area contributed by atoms with Crippen molar-refractivity contribution in [3.05, 3.63) is 41.2 Å². The lowest BCUT2D eigenvalue weighted by Crippen LogP contribution is -2.25. The number of H-pyrrole nitrogens is 1. The van der Waals surface area contributed by atoms with Crippen molar-refractivity contribution in [1.82, 2.24) is 15.3 Å². The standard InChI is InChI=1S/C18H20F3N3O3/c1-11-15(17(27)22-9-4-2-3-8-14(25)26)24-16(23-11)12-6-5-7-13(10-12)18(19,20)21/h5-7,10H,2-4,8-9H2,1H3,(H,22,27)(H,23,24)(H,25,26). The molecule has 0 fully saturated rings. The zero-order chi connectivity index (χ0) is 20.0. The Morgan fingerprint density at radius 1 is 1.22 bits per heavy atom. The summed E-state index contributed by atoms with van der Waals surface area (Å²) in [7, 11) is 0. The van der Waals surface area contributed by atoms with Crippen molar-refractivity contribution in [2.75, 3.05) is 6.54 Å². The predicted octanol–water partition coefficient (Wildman–Crippen LogP) is 3.78. The Balaban J connectivity index is 1.99. The van der Waals surface area contributed by atoms with Crippen LogP contribution in [0.4, 0.5) is 13.2 Å². The molecule has 1 aromatic heterocycles. The van der Waals surface area contributed by atoms with Gasteiger partial charge in [-0.05, 0) is 31.9 Å². The second-order valence-corrected chi connectivity index (χ2v) is 6.10. The first-order valence-corrected chi connectivity index (χ1v) is 8.42. The van der Waals surface area contributed by atoms with E-state index in [0.717, 1.165) is 12.1 Å². The van der Waals surface area contributed by atoms with Crippen molar-refractivity contribution in [1.29, 1.82) is 0 Å². The number of carboxylic acids is 1. The summed E-state index contributed by atoms with van der Waals surface area (Å²) in [6.45, 7) is 1.98. The average molecular weight is 383 g/mol. The van der Waals surface area contributed by atoms with Gasteiger partial charge in [0.25, 0.3) is 5.91 Å². The van der Waals surface area contributed by atoms with Crippen LogP contribution >= 0.6 is 0 Å². The topological polar surface area (TPSA) is 95.1 Å². The van der Waals surface area contributed by atoms with Crippen LogP contribution in [0, 0.1) is 6.92 Å². The fraction of sp³-hybridized carbons (Fsp3) is 0.389.